The van der Waals surface area contributed by atoms with Crippen molar-refractivity contribution in [3.05, 3.63) is 34.2 Å². The summed E-state index contributed by atoms with van der Waals surface area (Å²) in [5.74, 6) is 0.659. The van der Waals surface area contributed by atoms with Crippen LogP contribution in [0.25, 0.3) is 11.0 Å². The van der Waals surface area contributed by atoms with E-state index in [2.05, 4.69) is 22.9 Å². The number of hydrogen-bond donors (Lipinski definition) is 0. The highest BCUT2D eigenvalue weighted by Gasteiger charge is 2.22. The van der Waals surface area contributed by atoms with Crippen LogP contribution >= 0.6 is 0 Å². The summed E-state index contributed by atoms with van der Waals surface area (Å²) in [6.45, 7) is 4.11. The van der Waals surface area contributed by atoms with Gasteiger partial charge in [-0.1, -0.05) is 13.3 Å². The highest BCUT2D eigenvalue weighted by molar-refractivity contribution is 5.88. The number of nitrogens with zero attached hydrogens (tertiary/aromatic N) is 4. The van der Waals surface area contributed by atoms with Crippen LogP contribution < -0.4 is 10.5 Å². The molecule has 3 heterocycles. The van der Waals surface area contributed by atoms with Crippen LogP contribution in [0, 0.1) is 17.2 Å². The van der Waals surface area contributed by atoms with Gasteiger partial charge in [0.05, 0.1) is 11.2 Å². The molecule has 1 fully saturated rings. The van der Waals surface area contributed by atoms with E-state index in [4.69, 9.17) is 5.26 Å². The molecule has 5 heteroatoms. The molecule has 0 spiro atoms. The SMILES string of the molecule is CCC1CCCN(c2cc(=O)n(C)c3ccc(C#N)nc23)C1. The number of hydrogen-bond acceptors (Lipinski definition) is 4. The molecule has 0 N–H and O–H groups in total. The molecule has 1 saturated heterocycles. The van der Waals surface area contributed by atoms with Crippen molar-refractivity contribution >= 4 is 16.7 Å². The Morgan fingerprint density at radius 2 is 2.27 bits per heavy atom. The summed E-state index contributed by atoms with van der Waals surface area (Å²) in [6, 6.07) is 7.22. The van der Waals surface area contributed by atoms with Crippen molar-refractivity contribution in [2.75, 3.05) is 18.0 Å². The number of fused-ring (bicyclic) bond motifs is 1. The summed E-state index contributed by atoms with van der Waals surface area (Å²) in [4.78, 5) is 19.0. The third-order valence-corrected chi connectivity index (χ3v) is 4.62. The minimum atomic E-state index is -0.0346. The van der Waals surface area contributed by atoms with Gasteiger partial charge >= 0.3 is 0 Å². The van der Waals surface area contributed by atoms with Gasteiger partial charge in [0.15, 0.2) is 0 Å². The number of nitriles is 1. The predicted octanol–water partition coefficient (Wildman–Crippen LogP) is 2.43. The first-order valence-corrected chi connectivity index (χ1v) is 7.80. The molecule has 1 aliphatic rings. The lowest BCUT2D eigenvalue weighted by atomic mass is 9.95. The van der Waals surface area contributed by atoms with Crippen LogP contribution in [0.4, 0.5) is 5.69 Å². The monoisotopic (exact) mass is 296 g/mol. The third-order valence-electron chi connectivity index (χ3n) is 4.62. The van der Waals surface area contributed by atoms with Gasteiger partial charge in [-0.2, -0.15) is 5.26 Å². The zero-order chi connectivity index (χ0) is 15.7. The lowest BCUT2D eigenvalue weighted by Gasteiger charge is -2.34. The molecule has 0 bridgehead atoms. The molecule has 1 atom stereocenters. The van der Waals surface area contributed by atoms with E-state index in [1.165, 1.54) is 6.42 Å². The minimum absolute atomic E-state index is 0.0346. The fraction of sp³-hybridized carbons (Fsp3) is 0.471. The Kier molecular flexibility index (Phi) is 3.84. The van der Waals surface area contributed by atoms with E-state index >= 15 is 0 Å². The first-order chi connectivity index (χ1) is 10.6. The molecular weight excluding hydrogens is 276 g/mol. The summed E-state index contributed by atoms with van der Waals surface area (Å²) < 4.78 is 1.59. The quantitative estimate of drug-likeness (QED) is 0.854. The Bertz CT molecular complexity index is 803. The molecule has 0 amide bonds. The highest BCUT2D eigenvalue weighted by atomic mass is 16.1. The molecule has 0 radical (unpaired) electrons. The van der Waals surface area contributed by atoms with Gasteiger partial charge in [-0.05, 0) is 30.9 Å². The smallest absolute Gasteiger partial charge is 0.252 e. The summed E-state index contributed by atoms with van der Waals surface area (Å²) in [5, 5.41) is 9.11. The van der Waals surface area contributed by atoms with Crippen molar-refractivity contribution in [1.29, 1.82) is 5.26 Å². The number of aryl methyl sites for hydroxylation is 1. The molecule has 2 aromatic rings. The first-order valence-electron chi connectivity index (χ1n) is 7.80. The van der Waals surface area contributed by atoms with Crippen molar-refractivity contribution in [1.82, 2.24) is 9.55 Å². The number of pyridine rings is 2. The Morgan fingerprint density at radius 1 is 1.45 bits per heavy atom. The van der Waals surface area contributed by atoms with Gasteiger partial charge in [0, 0.05) is 26.2 Å². The maximum absolute atomic E-state index is 12.2. The zero-order valence-electron chi connectivity index (χ0n) is 13.0. The average Bonchev–Trinajstić information content (AvgIpc) is 2.57. The van der Waals surface area contributed by atoms with E-state index in [1.54, 1.807) is 23.7 Å². The van der Waals surface area contributed by atoms with Gasteiger partial charge in [-0.15, -0.1) is 0 Å². The Hall–Kier alpha value is -2.35. The van der Waals surface area contributed by atoms with E-state index in [9.17, 15) is 4.79 Å². The van der Waals surface area contributed by atoms with Gasteiger partial charge < -0.3 is 9.47 Å². The number of rotatable bonds is 2. The molecule has 1 unspecified atom stereocenters. The highest BCUT2D eigenvalue weighted by Crippen LogP contribution is 2.28. The maximum atomic E-state index is 12.2. The molecule has 0 aromatic carbocycles. The summed E-state index contributed by atoms with van der Waals surface area (Å²) in [7, 11) is 1.74. The Labute approximate surface area is 129 Å². The van der Waals surface area contributed by atoms with E-state index in [0.717, 1.165) is 42.7 Å². The van der Waals surface area contributed by atoms with E-state index in [1.807, 2.05) is 6.07 Å². The Morgan fingerprint density at radius 3 is 3.00 bits per heavy atom. The van der Waals surface area contributed by atoms with E-state index in [-0.39, 0.29) is 5.56 Å². The van der Waals surface area contributed by atoms with Gasteiger partial charge in [0.25, 0.3) is 5.56 Å². The van der Waals surface area contributed by atoms with Crippen LogP contribution in [0.5, 0.6) is 0 Å². The van der Waals surface area contributed by atoms with Crippen LogP contribution in [0.15, 0.2) is 23.0 Å². The molecule has 5 nitrogen and oxygen atoms in total. The predicted molar refractivity (Wildman–Crippen MR) is 86.9 cm³/mol. The lowest BCUT2D eigenvalue weighted by molar-refractivity contribution is 0.405. The summed E-state index contributed by atoms with van der Waals surface area (Å²) in [6.07, 6.45) is 3.52. The average molecular weight is 296 g/mol. The maximum Gasteiger partial charge on any atom is 0.252 e. The van der Waals surface area contributed by atoms with Crippen molar-refractivity contribution in [3.8, 4) is 6.07 Å². The van der Waals surface area contributed by atoms with Crippen LogP contribution in [-0.2, 0) is 7.05 Å². The van der Waals surface area contributed by atoms with E-state index < -0.39 is 0 Å². The van der Waals surface area contributed by atoms with Crippen LogP contribution in [0.3, 0.4) is 0 Å². The number of aromatic nitrogens is 2. The number of anilines is 1. The molecule has 0 aliphatic carbocycles. The van der Waals surface area contributed by atoms with Gasteiger partial charge in [-0.3, -0.25) is 4.79 Å². The standard InChI is InChI=1S/C17H20N4O/c1-3-12-5-4-8-21(11-12)15-9-16(22)20(2)14-7-6-13(10-18)19-17(14)15/h6-7,9,12H,3-5,8,11H2,1-2H3. The van der Waals surface area contributed by atoms with Crippen molar-refractivity contribution in [3.63, 3.8) is 0 Å². The fourth-order valence-electron chi connectivity index (χ4n) is 3.23. The van der Waals surface area contributed by atoms with Crippen LogP contribution in [0.2, 0.25) is 0 Å². The third kappa shape index (κ3) is 2.45. The van der Waals surface area contributed by atoms with Crippen molar-refractivity contribution in [2.24, 2.45) is 13.0 Å². The second-order valence-electron chi connectivity index (χ2n) is 5.97. The zero-order valence-corrected chi connectivity index (χ0v) is 13.0. The molecule has 1 aliphatic heterocycles. The number of piperidine rings is 1. The molecule has 2 aromatic heterocycles. The normalized spacial score (nSPS) is 18.4. The second-order valence-corrected chi connectivity index (χ2v) is 5.97. The molecule has 114 valence electrons. The minimum Gasteiger partial charge on any atom is -0.369 e. The Balaban J connectivity index is 2.18. The van der Waals surface area contributed by atoms with Crippen LogP contribution in [-0.4, -0.2) is 22.6 Å². The van der Waals surface area contributed by atoms with Gasteiger partial charge in [0.2, 0.25) is 0 Å². The fourth-order valence-corrected chi connectivity index (χ4v) is 3.23. The first kappa shape index (κ1) is 14.6. The van der Waals surface area contributed by atoms with Gasteiger partial charge in [0.1, 0.15) is 17.3 Å². The lowest BCUT2D eigenvalue weighted by Crippen LogP contribution is -2.36. The van der Waals surface area contributed by atoms with Crippen LogP contribution in [0.1, 0.15) is 31.9 Å². The van der Waals surface area contributed by atoms with Crippen molar-refractivity contribution in [2.45, 2.75) is 26.2 Å². The summed E-state index contributed by atoms with van der Waals surface area (Å²) in [5.41, 5.74) is 2.75. The molecule has 0 saturated carbocycles. The molecular formula is C17H20N4O. The summed E-state index contributed by atoms with van der Waals surface area (Å²) >= 11 is 0. The largest absolute Gasteiger partial charge is 0.369 e. The molecule has 22 heavy (non-hydrogen) atoms. The topological polar surface area (TPSA) is 61.9 Å². The van der Waals surface area contributed by atoms with Gasteiger partial charge in [-0.25, -0.2) is 4.98 Å². The van der Waals surface area contributed by atoms with E-state index in [0.29, 0.717) is 11.6 Å². The molecule has 3 rings (SSSR count). The second kappa shape index (κ2) is 5.80. The van der Waals surface area contributed by atoms with Crippen molar-refractivity contribution < 1.29 is 0 Å².